The summed E-state index contributed by atoms with van der Waals surface area (Å²) >= 11 is 3.62. The number of pyridine rings is 1. The molecule has 1 atom stereocenters. The fraction of sp³-hybridized carbons (Fsp3) is 0.474. The monoisotopic (exact) mass is 400 g/mol. The van der Waals surface area contributed by atoms with Crippen LogP contribution in [0.1, 0.15) is 31.3 Å². The van der Waals surface area contributed by atoms with E-state index in [2.05, 4.69) is 52.0 Å². The van der Waals surface area contributed by atoms with Crippen LogP contribution in [0.3, 0.4) is 0 Å². The van der Waals surface area contributed by atoms with Crippen LogP contribution in [0.2, 0.25) is 0 Å². The van der Waals surface area contributed by atoms with E-state index in [1.54, 1.807) is 18.0 Å². The van der Waals surface area contributed by atoms with Gasteiger partial charge in [0.15, 0.2) is 16.1 Å². The number of imidazole rings is 1. The van der Waals surface area contributed by atoms with E-state index in [9.17, 15) is 0 Å². The Hall–Kier alpha value is -1.80. The van der Waals surface area contributed by atoms with Gasteiger partial charge in [-0.15, -0.1) is 10.2 Å². The van der Waals surface area contributed by atoms with Crippen LogP contribution in [0.4, 0.5) is 0 Å². The molecule has 0 saturated carbocycles. The highest BCUT2D eigenvalue weighted by molar-refractivity contribution is 8.00. The first-order valence-electron chi connectivity index (χ1n) is 9.19. The van der Waals surface area contributed by atoms with Gasteiger partial charge in [0.2, 0.25) is 0 Å². The lowest BCUT2D eigenvalue weighted by atomic mass is 10.2. The minimum Gasteiger partial charge on any atom is -0.323 e. The van der Waals surface area contributed by atoms with Crippen molar-refractivity contribution in [2.24, 2.45) is 5.92 Å². The number of aryl methyl sites for hydroxylation is 1. The first-order valence-corrected chi connectivity index (χ1v) is 11.2. The fourth-order valence-electron chi connectivity index (χ4n) is 3.25. The molecule has 0 bridgehead atoms. The second-order valence-corrected chi connectivity index (χ2v) is 9.24. The number of fused-ring (bicyclic) bond motifs is 1. The Morgan fingerprint density at radius 3 is 2.89 bits per heavy atom. The molecule has 4 rings (SSSR count). The third-order valence-electron chi connectivity index (χ3n) is 4.73. The molecule has 1 aliphatic rings. The van der Waals surface area contributed by atoms with Gasteiger partial charge in [-0.3, -0.25) is 9.55 Å². The minimum absolute atomic E-state index is 0.352. The van der Waals surface area contributed by atoms with E-state index in [1.807, 2.05) is 30.1 Å². The number of aromatic nitrogens is 6. The van der Waals surface area contributed by atoms with Crippen molar-refractivity contribution in [3.05, 3.63) is 35.9 Å². The standard InChI is InChI=1S/C19H24N6S2/c1-12(2)9-24-14(4)13(3)21-18(24)26-10-16-11-27-19-23-22-17(25(16)19)15-6-5-7-20-8-15/h5-8,12,16H,9-11H2,1-4H3. The van der Waals surface area contributed by atoms with Crippen LogP contribution in [0, 0.1) is 19.8 Å². The molecular weight excluding hydrogens is 376 g/mol. The maximum absolute atomic E-state index is 4.82. The smallest absolute Gasteiger partial charge is 0.191 e. The largest absolute Gasteiger partial charge is 0.323 e. The maximum atomic E-state index is 4.82. The third kappa shape index (κ3) is 3.65. The van der Waals surface area contributed by atoms with Gasteiger partial charge in [-0.05, 0) is 31.9 Å². The molecule has 0 fully saturated rings. The molecule has 6 nitrogen and oxygen atoms in total. The number of hydrogen-bond acceptors (Lipinski definition) is 6. The Labute approximate surface area is 168 Å². The average Bonchev–Trinajstić information content (AvgIpc) is 3.31. The molecule has 1 aliphatic heterocycles. The van der Waals surface area contributed by atoms with Crippen LogP contribution in [0.5, 0.6) is 0 Å². The van der Waals surface area contributed by atoms with E-state index in [-0.39, 0.29) is 0 Å². The lowest BCUT2D eigenvalue weighted by molar-refractivity contribution is 0.486. The van der Waals surface area contributed by atoms with E-state index in [1.165, 1.54) is 5.69 Å². The van der Waals surface area contributed by atoms with Gasteiger partial charge in [0.25, 0.3) is 0 Å². The molecule has 142 valence electrons. The summed E-state index contributed by atoms with van der Waals surface area (Å²) in [7, 11) is 0. The third-order valence-corrected chi connectivity index (χ3v) is 6.94. The van der Waals surface area contributed by atoms with Gasteiger partial charge in [0.05, 0.1) is 11.7 Å². The fourth-order valence-corrected chi connectivity index (χ4v) is 5.66. The van der Waals surface area contributed by atoms with Gasteiger partial charge >= 0.3 is 0 Å². The van der Waals surface area contributed by atoms with Gasteiger partial charge in [-0.25, -0.2) is 4.98 Å². The molecule has 27 heavy (non-hydrogen) atoms. The first kappa shape index (κ1) is 18.6. The van der Waals surface area contributed by atoms with Crippen molar-refractivity contribution in [2.45, 2.75) is 50.6 Å². The SMILES string of the molecule is Cc1nc(SCC2CSc3nnc(-c4cccnc4)n32)n(CC(C)C)c1C. The molecule has 0 aliphatic carbocycles. The lowest BCUT2D eigenvalue weighted by Crippen LogP contribution is -2.13. The molecule has 0 N–H and O–H groups in total. The highest BCUT2D eigenvalue weighted by atomic mass is 32.2. The van der Waals surface area contributed by atoms with Crippen molar-refractivity contribution >= 4 is 23.5 Å². The molecule has 3 aromatic rings. The van der Waals surface area contributed by atoms with Gasteiger partial charge in [0, 0.05) is 41.7 Å². The molecule has 1 unspecified atom stereocenters. The van der Waals surface area contributed by atoms with Crippen molar-refractivity contribution in [3.8, 4) is 11.4 Å². The van der Waals surface area contributed by atoms with Crippen molar-refractivity contribution in [3.63, 3.8) is 0 Å². The summed E-state index contributed by atoms with van der Waals surface area (Å²) in [6.45, 7) is 9.77. The zero-order valence-corrected chi connectivity index (χ0v) is 17.7. The summed E-state index contributed by atoms with van der Waals surface area (Å²) in [5.74, 6) is 3.49. The Balaban J connectivity index is 1.56. The molecular formula is C19H24N6S2. The van der Waals surface area contributed by atoms with Gasteiger partial charge in [-0.1, -0.05) is 37.4 Å². The molecule has 0 spiro atoms. The highest BCUT2D eigenvalue weighted by Crippen LogP contribution is 2.38. The zero-order chi connectivity index (χ0) is 19.0. The number of nitrogens with zero attached hydrogens (tertiary/aromatic N) is 6. The van der Waals surface area contributed by atoms with Gasteiger partial charge < -0.3 is 4.57 Å². The number of rotatable bonds is 6. The van der Waals surface area contributed by atoms with Crippen molar-refractivity contribution < 1.29 is 0 Å². The predicted octanol–water partition coefficient (Wildman–Crippen LogP) is 4.25. The van der Waals surface area contributed by atoms with Crippen LogP contribution < -0.4 is 0 Å². The topological polar surface area (TPSA) is 61.4 Å². The van der Waals surface area contributed by atoms with Crippen molar-refractivity contribution in [2.75, 3.05) is 11.5 Å². The molecule has 0 amide bonds. The van der Waals surface area contributed by atoms with E-state index in [4.69, 9.17) is 4.98 Å². The summed E-state index contributed by atoms with van der Waals surface area (Å²) in [4.78, 5) is 9.05. The summed E-state index contributed by atoms with van der Waals surface area (Å²) in [5.41, 5.74) is 3.41. The summed E-state index contributed by atoms with van der Waals surface area (Å²) in [5, 5.41) is 10.9. The molecule has 4 heterocycles. The highest BCUT2D eigenvalue weighted by Gasteiger charge is 2.29. The lowest BCUT2D eigenvalue weighted by Gasteiger charge is -2.16. The molecule has 0 saturated heterocycles. The Bertz CT molecular complexity index is 931. The van der Waals surface area contributed by atoms with E-state index in [0.717, 1.165) is 45.4 Å². The Morgan fingerprint density at radius 2 is 2.15 bits per heavy atom. The maximum Gasteiger partial charge on any atom is 0.191 e. The second-order valence-electron chi connectivity index (χ2n) is 7.26. The molecule has 0 radical (unpaired) electrons. The van der Waals surface area contributed by atoms with E-state index >= 15 is 0 Å². The molecule has 8 heteroatoms. The van der Waals surface area contributed by atoms with E-state index < -0.39 is 0 Å². The molecule has 0 aromatic carbocycles. The quantitative estimate of drug-likeness (QED) is 0.577. The van der Waals surface area contributed by atoms with Crippen molar-refractivity contribution in [1.29, 1.82) is 0 Å². The average molecular weight is 401 g/mol. The Kier molecular flexibility index (Phi) is 5.27. The second kappa shape index (κ2) is 7.67. The number of thioether (sulfide) groups is 2. The molecule has 3 aromatic heterocycles. The zero-order valence-electron chi connectivity index (χ0n) is 16.1. The van der Waals surface area contributed by atoms with Crippen LogP contribution in [-0.4, -0.2) is 40.8 Å². The van der Waals surface area contributed by atoms with Crippen LogP contribution in [0.15, 0.2) is 34.8 Å². The van der Waals surface area contributed by atoms with E-state index in [0.29, 0.717) is 12.0 Å². The summed E-state index contributed by atoms with van der Waals surface area (Å²) in [6, 6.07) is 4.33. The summed E-state index contributed by atoms with van der Waals surface area (Å²) in [6.07, 6.45) is 3.64. The Morgan fingerprint density at radius 1 is 1.30 bits per heavy atom. The first-order chi connectivity index (χ1) is 13.0. The minimum atomic E-state index is 0.352. The summed E-state index contributed by atoms with van der Waals surface area (Å²) < 4.78 is 4.63. The van der Waals surface area contributed by atoms with Gasteiger partial charge in [0.1, 0.15) is 0 Å². The van der Waals surface area contributed by atoms with Gasteiger partial charge in [-0.2, -0.15) is 0 Å². The van der Waals surface area contributed by atoms with Crippen LogP contribution >= 0.6 is 23.5 Å². The van der Waals surface area contributed by atoms with Crippen LogP contribution in [-0.2, 0) is 6.54 Å². The normalized spacial score (nSPS) is 16.3. The predicted molar refractivity (Wildman–Crippen MR) is 110 cm³/mol. The van der Waals surface area contributed by atoms with Crippen molar-refractivity contribution in [1.82, 2.24) is 29.3 Å². The number of hydrogen-bond donors (Lipinski definition) is 0. The van der Waals surface area contributed by atoms with Crippen LogP contribution in [0.25, 0.3) is 11.4 Å².